The maximum atomic E-state index is 13.8. The molecule has 1 unspecified atom stereocenters. The van der Waals surface area contributed by atoms with Gasteiger partial charge in [0.2, 0.25) is 0 Å². The van der Waals surface area contributed by atoms with Crippen LogP contribution < -0.4 is 11.3 Å². The summed E-state index contributed by atoms with van der Waals surface area (Å²) in [6.45, 7) is 0. The van der Waals surface area contributed by atoms with Gasteiger partial charge in [0.05, 0.1) is 24.3 Å². The minimum Gasteiger partial charge on any atom is -0.336 e. The zero-order valence-corrected chi connectivity index (χ0v) is 10.8. The van der Waals surface area contributed by atoms with E-state index in [4.69, 9.17) is 5.84 Å². The molecule has 1 aromatic carbocycles. The van der Waals surface area contributed by atoms with Crippen molar-refractivity contribution in [2.45, 2.75) is 6.04 Å². The first-order valence-corrected chi connectivity index (χ1v) is 5.80. The molecule has 90 valence electrons. The third-order valence-corrected chi connectivity index (χ3v) is 3.08. The van der Waals surface area contributed by atoms with Gasteiger partial charge in [0.15, 0.2) is 0 Å². The molecule has 2 aromatic rings. The largest absolute Gasteiger partial charge is 0.336 e. The number of nitrogens with one attached hydrogen (secondary N) is 1. The Labute approximate surface area is 107 Å². The molecule has 0 saturated heterocycles. The summed E-state index contributed by atoms with van der Waals surface area (Å²) in [6, 6.07) is 4.32. The lowest BCUT2D eigenvalue weighted by molar-refractivity contribution is 0.542. The number of benzene rings is 1. The Kier molecular flexibility index (Phi) is 3.56. The maximum Gasteiger partial charge on any atom is 0.128 e. The molecule has 6 heteroatoms. The Morgan fingerprint density at radius 2 is 2.29 bits per heavy atom. The van der Waals surface area contributed by atoms with Crippen molar-refractivity contribution in [1.29, 1.82) is 0 Å². The van der Waals surface area contributed by atoms with Gasteiger partial charge in [-0.05, 0) is 18.2 Å². The van der Waals surface area contributed by atoms with Crippen LogP contribution in [0.25, 0.3) is 0 Å². The van der Waals surface area contributed by atoms with Crippen molar-refractivity contribution in [3.63, 3.8) is 0 Å². The van der Waals surface area contributed by atoms with Crippen molar-refractivity contribution in [2.24, 2.45) is 12.9 Å². The van der Waals surface area contributed by atoms with Crippen molar-refractivity contribution >= 4 is 15.9 Å². The number of nitrogens with two attached hydrogens (primary N) is 1. The van der Waals surface area contributed by atoms with Gasteiger partial charge in [-0.15, -0.1) is 0 Å². The van der Waals surface area contributed by atoms with Gasteiger partial charge in [0.1, 0.15) is 5.82 Å². The molecular formula is C11H12BrFN4. The molecule has 0 aliphatic heterocycles. The number of halogens is 2. The van der Waals surface area contributed by atoms with E-state index >= 15 is 0 Å². The van der Waals surface area contributed by atoms with Gasteiger partial charge in [0, 0.05) is 17.1 Å². The van der Waals surface area contributed by atoms with Crippen molar-refractivity contribution in [3.8, 4) is 0 Å². The van der Waals surface area contributed by atoms with Crippen molar-refractivity contribution in [2.75, 3.05) is 0 Å². The van der Waals surface area contributed by atoms with E-state index in [1.807, 2.05) is 7.05 Å². The zero-order chi connectivity index (χ0) is 12.4. The van der Waals surface area contributed by atoms with E-state index in [1.54, 1.807) is 29.2 Å². The fourth-order valence-corrected chi connectivity index (χ4v) is 2.09. The average molecular weight is 299 g/mol. The molecule has 2 rings (SSSR count). The molecule has 0 radical (unpaired) electrons. The number of hydrogen-bond acceptors (Lipinski definition) is 3. The highest BCUT2D eigenvalue weighted by Crippen LogP contribution is 2.26. The van der Waals surface area contributed by atoms with Crippen molar-refractivity contribution < 1.29 is 4.39 Å². The molecule has 0 amide bonds. The molecule has 0 aliphatic carbocycles. The second-order valence-corrected chi connectivity index (χ2v) is 4.61. The molecule has 1 heterocycles. The topological polar surface area (TPSA) is 55.9 Å². The Morgan fingerprint density at radius 3 is 2.88 bits per heavy atom. The highest BCUT2D eigenvalue weighted by atomic mass is 79.9. The summed E-state index contributed by atoms with van der Waals surface area (Å²) in [7, 11) is 1.84. The Hall–Kier alpha value is -1.24. The minimum atomic E-state index is -0.431. The summed E-state index contributed by atoms with van der Waals surface area (Å²) in [5.41, 5.74) is 3.88. The number of imidazole rings is 1. The number of aryl methyl sites for hydroxylation is 1. The molecule has 3 N–H and O–H groups in total. The standard InChI is InChI=1S/C11H12BrFN4/c1-17-6-15-5-10(17)11(16-14)8-4-7(12)2-3-9(8)13/h2-6,11,16H,14H2,1H3. The molecule has 0 saturated carbocycles. The number of aromatic nitrogens is 2. The SMILES string of the molecule is Cn1cncc1C(NN)c1cc(Br)ccc1F. The Morgan fingerprint density at radius 1 is 1.53 bits per heavy atom. The van der Waals surface area contributed by atoms with Gasteiger partial charge in [-0.25, -0.2) is 14.8 Å². The molecule has 0 aliphatic rings. The quantitative estimate of drug-likeness (QED) is 0.672. The van der Waals surface area contributed by atoms with E-state index in [0.717, 1.165) is 10.2 Å². The van der Waals surface area contributed by atoms with Crippen molar-refractivity contribution in [3.05, 3.63) is 52.3 Å². The van der Waals surface area contributed by atoms with Gasteiger partial charge in [-0.1, -0.05) is 15.9 Å². The molecule has 0 spiro atoms. The first kappa shape index (κ1) is 12.2. The van der Waals surface area contributed by atoms with Crippen LogP contribution in [0.2, 0.25) is 0 Å². The maximum absolute atomic E-state index is 13.8. The minimum absolute atomic E-state index is 0.308. The van der Waals surface area contributed by atoms with Gasteiger partial charge in [-0.3, -0.25) is 5.84 Å². The van der Waals surface area contributed by atoms with Crippen LogP contribution in [0.15, 0.2) is 35.2 Å². The second kappa shape index (κ2) is 4.95. The first-order chi connectivity index (χ1) is 8.13. The van der Waals surface area contributed by atoms with Crippen LogP contribution in [-0.2, 0) is 7.05 Å². The van der Waals surface area contributed by atoms with Crippen LogP contribution in [0.1, 0.15) is 17.3 Å². The molecule has 0 bridgehead atoms. The third-order valence-electron chi connectivity index (χ3n) is 2.59. The first-order valence-electron chi connectivity index (χ1n) is 5.00. The van der Waals surface area contributed by atoms with Crippen LogP contribution in [0.3, 0.4) is 0 Å². The summed E-state index contributed by atoms with van der Waals surface area (Å²) >= 11 is 3.32. The van der Waals surface area contributed by atoms with E-state index in [9.17, 15) is 4.39 Å². The lowest BCUT2D eigenvalue weighted by atomic mass is 10.0. The smallest absolute Gasteiger partial charge is 0.128 e. The fourth-order valence-electron chi connectivity index (χ4n) is 1.72. The predicted octanol–water partition coefficient (Wildman–Crippen LogP) is 1.87. The lowest BCUT2D eigenvalue weighted by Gasteiger charge is -2.17. The van der Waals surface area contributed by atoms with Gasteiger partial charge < -0.3 is 4.57 Å². The van der Waals surface area contributed by atoms with Crippen LogP contribution in [0.5, 0.6) is 0 Å². The average Bonchev–Trinajstić information content (AvgIpc) is 2.71. The van der Waals surface area contributed by atoms with E-state index in [0.29, 0.717) is 5.56 Å². The molecule has 0 fully saturated rings. The predicted molar refractivity (Wildman–Crippen MR) is 66.5 cm³/mol. The lowest BCUT2D eigenvalue weighted by Crippen LogP contribution is -2.30. The summed E-state index contributed by atoms with van der Waals surface area (Å²) < 4.78 is 16.4. The number of hydrazine groups is 1. The van der Waals surface area contributed by atoms with E-state index in [1.165, 1.54) is 6.07 Å². The summed E-state index contributed by atoms with van der Waals surface area (Å²) in [4.78, 5) is 4.00. The van der Waals surface area contributed by atoms with Gasteiger partial charge in [0.25, 0.3) is 0 Å². The Balaban J connectivity index is 2.49. The summed E-state index contributed by atoms with van der Waals surface area (Å²) in [6.07, 6.45) is 3.31. The number of nitrogens with zero attached hydrogens (tertiary/aromatic N) is 2. The monoisotopic (exact) mass is 298 g/mol. The van der Waals surface area contributed by atoms with Crippen LogP contribution in [-0.4, -0.2) is 9.55 Å². The fraction of sp³-hybridized carbons (Fsp3) is 0.182. The molecule has 17 heavy (non-hydrogen) atoms. The summed E-state index contributed by atoms with van der Waals surface area (Å²) in [5.74, 6) is 5.20. The molecule has 1 aromatic heterocycles. The van der Waals surface area contributed by atoms with Gasteiger partial charge in [-0.2, -0.15) is 0 Å². The summed E-state index contributed by atoms with van der Waals surface area (Å²) in [5, 5.41) is 0. The normalized spacial score (nSPS) is 12.7. The van der Waals surface area contributed by atoms with Crippen molar-refractivity contribution in [1.82, 2.24) is 15.0 Å². The van der Waals surface area contributed by atoms with E-state index < -0.39 is 6.04 Å². The molecular weight excluding hydrogens is 287 g/mol. The molecule has 4 nitrogen and oxygen atoms in total. The van der Waals surface area contributed by atoms with E-state index in [2.05, 4.69) is 26.3 Å². The van der Waals surface area contributed by atoms with Crippen LogP contribution >= 0.6 is 15.9 Å². The number of hydrogen-bond donors (Lipinski definition) is 2. The highest BCUT2D eigenvalue weighted by Gasteiger charge is 2.19. The van der Waals surface area contributed by atoms with Crippen LogP contribution in [0.4, 0.5) is 4.39 Å². The third kappa shape index (κ3) is 2.38. The number of rotatable bonds is 3. The van der Waals surface area contributed by atoms with E-state index in [-0.39, 0.29) is 5.82 Å². The van der Waals surface area contributed by atoms with Gasteiger partial charge >= 0.3 is 0 Å². The Bertz CT molecular complexity index is 526. The molecule has 1 atom stereocenters. The zero-order valence-electron chi connectivity index (χ0n) is 9.19. The van der Waals surface area contributed by atoms with Crippen LogP contribution in [0, 0.1) is 5.82 Å². The second-order valence-electron chi connectivity index (χ2n) is 3.69. The highest BCUT2D eigenvalue weighted by molar-refractivity contribution is 9.10.